The maximum atomic E-state index is 13.8. The summed E-state index contributed by atoms with van der Waals surface area (Å²) >= 11 is 0. The number of nitriles is 1. The lowest BCUT2D eigenvalue weighted by Crippen LogP contribution is -2.39. The predicted octanol–water partition coefficient (Wildman–Crippen LogP) is 8.61. The standard InChI is InChI=1S/C33H49N5O3/c1-8-12-14-25(10-3)21-37(22-26(11-4)15-13-9-2)31(39)27-16-18-28(19-17-27)35-36-30-24(7)29(20-34)32(40)38(23(5)6)33(30)41/h16-19,23,25-26,40H,8-15,21-22H2,1-7H3. The number of unbranched alkanes of at least 4 members (excludes halogenated alkanes) is 2. The monoisotopic (exact) mass is 563 g/mol. The lowest BCUT2D eigenvalue weighted by molar-refractivity contribution is 0.0685. The fourth-order valence-electron chi connectivity index (χ4n) is 5.17. The van der Waals surface area contributed by atoms with Gasteiger partial charge in [0.05, 0.1) is 5.69 Å². The number of aromatic hydroxyl groups is 1. The first-order chi connectivity index (χ1) is 19.6. The number of azo groups is 1. The van der Waals surface area contributed by atoms with Gasteiger partial charge in [-0.15, -0.1) is 5.11 Å². The number of aromatic nitrogens is 1. The van der Waals surface area contributed by atoms with E-state index < -0.39 is 5.56 Å². The van der Waals surface area contributed by atoms with Gasteiger partial charge in [-0.1, -0.05) is 66.2 Å². The molecule has 8 heteroatoms. The summed E-state index contributed by atoms with van der Waals surface area (Å²) in [5, 5.41) is 28.3. The Morgan fingerprint density at radius 1 is 0.976 bits per heavy atom. The molecule has 1 amide bonds. The van der Waals surface area contributed by atoms with Gasteiger partial charge < -0.3 is 10.0 Å². The quantitative estimate of drug-likeness (QED) is 0.206. The minimum absolute atomic E-state index is 0.00178. The zero-order chi connectivity index (χ0) is 30.5. The smallest absolute Gasteiger partial charge is 0.281 e. The summed E-state index contributed by atoms with van der Waals surface area (Å²) in [5.41, 5.74) is 0.867. The van der Waals surface area contributed by atoms with Crippen molar-refractivity contribution in [3.05, 3.63) is 51.3 Å². The van der Waals surface area contributed by atoms with Gasteiger partial charge in [0, 0.05) is 30.3 Å². The van der Waals surface area contributed by atoms with Crippen LogP contribution < -0.4 is 5.56 Å². The molecule has 2 unspecified atom stereocenters. The first-order valence-electron chi connectivity index (χ1n) is 15.3. The summed E-state index contributed by atoms with van der Waals surface area (Å²) in [4.78, 5) is 28.8. The number of carbonyl (C=O) groups excluding carboxylic acids is 1. The summed E-state index contributed by atoms with van der Waals surface area (Å²) < 4.78 is 1.14. The van der Waals surface area contributed by atoms with Gasteiger partial charge in [-0.2, -0.15) is 10.4 Å². The highest BCUT2D eigenvalue weighted by Crippen LogP contribution is 2.29. The molecule has 1 N–H and O–H groups in total. The zero-order valence-corrected chi connectivity index (χ0v) is 26.1. The maximum Gasteiger partial charge on any atom is 0.281 e. The Labute approximate surface area is 246 Å². The van der Waals surface area contributed by atoms with Crippen LogP contribution in [-0.4, -0.2) is 33.6 Å². The average molecular weight is 564 g/mol. The molecule has 0 aliphatic heterocycles. The van der Waals surface area contributed by atoms with Gasteiger partial charge in [-0.3, -0.25) is 14.2 Å². The topological polar surface area (TPSA) is 111 Å². The Morgan fingerprint density at radius 2 is 1.51 bits per heavy atom. The molecular weight excluding hydrogens is 514 g/mol. The van der Waals surface area contributed by atoms with E-state index in [1.807, 2.05) is 6.07 Å². The summed E-state index contributed by atoms with van der Waals surface area (Å²) in [6, 6.07) is 8.57. The van der Waals surface area contributed by atoms with Gasteiger partial charge in [0.2, 0.25) is 5.88 Å². The van der Waals surface area contributed by atoms with Gasteiger partial charge in [-0.05, 0) is 69.7 Å². The van der Waals surface area contributed by atoms with Crippen LogP contribution in [0.4, 0.5) is 11.4 Å². The molecule has 1 heterocycles. The molecule has 2 atom stereocenters. The summed E-state index contributed by atoms with van der Waals surface area (Å²) in [6.07, 6.45) is 9.02. The fourth-order valence-corrected chi connectivity index (χ4v) is 5.17. The molecule has 224 valence electrons. The fraction of sp³-hybridized carbons (Fsp3) is 0.606. The van der Waals surface area contributed by atoms with Crippen molar-refractivity contribution in [3.8, 4) is 11.9 Å². The lowest BCUT2D eigenvalue weighted by Gasteiger charge is -2.31. The van der Waals surface area contributed by atoms with Crippen LogP contribution in [-0.2, 0) is 0 Å². The van der Waals surface area contributed by atoms with Gasteiger partial charge in [0.1, 0.15) is 11.6 Å². The van der Waals surface area contributed by atoms with Crippen LogP contribution in [0.3, 0.4) is 0 Å². The molecule has 0 fully saturated rings. The number of benzene rings is 1. The third-order valence-electron chi connectivity index (χ3n) is 7.94. The molecular formula is C33H49N5O3. The molecule has 0 spiro atoms. The molecule has 0 saturated heterocycles. The second-order valence-corrected chi connectivity index (χ2v) is 11.3. The Kier molecular flexibility index (Phi) is 13.8. The van der Waals surface area contributed by atoms with Crippen molar-refractivity contribution < 1.29 is 9.90 Å². The molecule has 0 aliphatic rings. The summed E-state index contributed by atoms with van der Waals surface area (Å²) in [6.45, 7) is 15.4. The molecule has 8 nitrogen and oxygen atoms in total. The predicted molar refractivity (Wildman–Crippen MR) is 165 cm³/mol. The molecule has 1 aromatic heterocycles. The van der Waals surface area contributed by atoms with E-state index in [0.29, 0.717) is 23.1 Å². The second kappa shape index (κ2) is 16.7. The Bertz CT molecular complexity index is 1240. The van der Waals surface area contributed by atoms with Crippen molar-refractivity contribution in [2.24, 2.45) is 22.1 Å². The maximum absolute atomic E-state index is 13.8. The lowest BCUT2D eigenvalue weighted by atomic mass is 9.95. The largest absolute Gasteiger partial charge is 0.493 e. The zero-order valence-electron chi connectivity index (χ0n) is 26.1. The van der Waals surface area contributed by atoms with Crippen LogP contribution in [0, 0.1) is 30.1 Å². The van der Waals surface area contributed by atoms with E-state index in [0.717, 1.165) is 56.2 Å². The van der Waals surface area contributed by atoms with Crippen molar-refractivity contribution in [1.29, 1.82) is 5.26 Å². The van der Waals surface area contributed by atoms with E-state index in [4.69, 9.17) is 0 Å². The van der Waals surface area contributed by atoms with E-state index in [2.05, 4.69) is 42.8 Å². The molecule has 2 aromatic rings. The van der Waals surface area contributed by atoms with Crippen LogP contribution in [0.15, 0.2) is 39.3 Å². The molecule has 1 aromatic carbocycles. The summed E-state index contributed by atoms with van der Waals surface area (Å²) in [7, 11) is 0. The second-order valence-electron chi connectivity index (χ2n) is 11.3. The molecule has 2 rings (SSSR count). The van der Waals surface area contributed by atoms with Crippen molar-refractivity contribution in [2.75, 3.05) is 13.1 Å². The summed E-state index contributed by atoms with van der Waals surface area (Å²) in [5.74, 6) is 0.636. The molecule has 0 radical (unpaired) electrons. The highest BCUT2D eigenvalue weighted by Gasteiger charge is 2.23. The first kappa shape index (κ1) is 33.7. The van der Waals surface area contributed by atoms with Crippen molar-refractivity contribution >= 4 is 17.3 Å². The Morgan fingerprint density at radius 3 is 1.95 bits per heavy atom. The van der Waals surface area contributed by atoms with E-state index in [-0.39, 0.29) is 34.6 Å². The van der Waals surface area contributed by atoms with Crippen molar-refractivity contribution in [2.45, 2.75) is 106 Å². The number of nitrogens with zero attached hydrogens (tertiary/aromatic N) is 5. The number of hydrogen-bond acceptors (Lipinski definition) is 6. The Hall–Kier alpha value is -3.47. The minimum atomic E-state index is -0.512. The van der Waals surface area contributed by atoms with E-state index in [1.165, 1.54) is 12.8 Å². The number of amides is 1. The number of rotatable bonds is 16. The number of carbonyl (C=O) groups is 1. The third kappa shape index (κ3) is 9.01. The van der Waals surface area contributed by atoms with Gasteiger partial charge in [-0.25, -0.2) is 0 Å². The number of pyridine rings is 1. The molecule has 0 bridgehead atoms. The first-order valence-corrected chi connectivity index (χ1v) is 15.3. The number of hydrogen-bond donors (Lipinski definition) is 1. The molecule has 0 saturated carbocycles. The Balaban J connectivity index is 2.35. The van der Waals surface area contributed by atoms with Crippen LogP contribution >= 0.6 is 0 Å². The van der Waals surface area contributed by atoms with Crippen LogP contribution in [0.5, 0.6) is 5.88 Å². The molecule has 0 aliphatic carbocycles. The van der Waals surface area contributed by atoms with E-state index >= 15 is 0 Å². The van der Waals surface area contributed by atoms with Crippen LogP contribution in [0.1, 0.15) is 120 Å². The van der Waals surface area contributed by atoms with Crippen molar-refractivity contribution in [1.82, 2.24) is 9.47 Å². The third-order valence-corrected chi connectivity index (χ3v) is 7.94. The van der Waals surface area contributed by atoms with Crippen LogP contribution in [0.2, 0.25) is 0 Å². The average Bonchev–Trinajstić information content (AvgIpc) is 2.96. The normalized spacial score (nSPS) is 13.0. The highest BCUT2D eigenvalue weighted by atomic mass is 16.3. The minimum Gasteiger partial charge on any atom is -0.493 e. The van der Waals surface area contributed by atoms with Crippen LogP contribution in [0.25, 0.3) is 0 Å². The van der Waals surface area contributed by atoms with Gasteiger partial charge >= 0.3 is 0 Å². The van der Waals surface area contributed by atoms with E-state index in [9.17, 15) is 20.0 Å². The highest BCUT2D eigenvalue weighted by molar-refractivity contribution is 5.94. The molecule has 41 heavy (non-hydrogen) atoms. The SMILES string of the molecule is CCCCC(CC)CN(CC(CC)CCCC)C(=O)c1ccc(N=Nc2c(C)c(C#N)c(O)n(C(C)C)c2=O)cc1. The van der Waals surface area contributed by atoms with E-state index in [1.54, 1.807) is 45.0 Å². The van der Waals surface area contributed by atoms with Gasteiger partial charge in [0.25, 0.3) is 11.5 Å². The van der Waals surface area contributed by atoms with Crippen molar-refractivity contribution in [3.63, 3.8) is 0 Å². The van der Waals surface area contributed by atoms with Gasteiger partial charge in [0.15, 0.2) is 5.69 Å².